The second-order valence-corrected chi connectivity index (χ2v) is 5.88. The molecule has 0 unspecified atom stereocenters. The summed E-state index contributed by atoms with van der Waals surface area (Å²) in [5.41, 5.74) is 5.95. The summed E-state index contributed by atoms with van der Waals surface area (Å²) in [7, 11) is 1.43. The summed E-state index contributed by atoms with van der Waals surface area (Å²) in [6.45, 7) is 0. The third kappa shape index (κ3) is 3.45. The van der Waals surface area contributed by atoms with Gasteiger partial charge in [-0.05, 0) is 54.3 Å². The fourth-order valence-electron chi connectivity index (χ4n) is 2.81. The van der Waals surface area contributed by atoms with Crippen molar-refractivity contribution in [3.05, 3.63) is 59.2 Å². The van der Waals surface area contributed by atoms with Crippen molar-refractivity contribution in [1.82, 2.24) is 0 Å². The van der Waals surface area contributed by atoms with Crippen molar-refractivity contribution in [2.75, 3.05) is 12.4 Å². The summed E-state index contributed by atoms with van der Waals surface area (Å²) in [6, 6.07) is 7.62. The Balaban J connectivity index is 1.77. The summed E-state index contributed by atoms with van der Waals surface area (Å²) >= 11 is 0. The Morgan fingerprint density at radius 2 is 1.96 bits per heavy atom. The number of ether oxygens (including phenoxy) is 1. The lowest BCUT2D eigenvalue weighted by molar-refractivity contribution is -0.117. The highest BCUT2D eigenvalue weighted by atomic mass is 19.1. The van der Waals surface area contributed by atoms with Crippen LogP contribution in [0.5, 0.6) is 5.75 Å². The van der Waals surface area contributed by atoms with E-state index in [1.807, 2.05) is 0 Å². The van der Waals surface area contributed by atoms with Crippen molar-refractivity contribution in [2.24, 2.45) is 11.7 Å². The number of halogens is 2. The molecule has 2 aromatic rings. The van der Waals surface area contributed by atoms with Gasteiger partial charge in [-0.2, -0.15) is 0 Å². The predicted octanol–water partition coefficient (Wildman–Crippen LogP) is 2.81. The Hall–Kier alpha value is -2.96. The van der Waals surface area contributed by atoms with Gasteiger partial charge in [-0.15, -0.1) is 0 Å². The summed E-state index contributed by atoms with van der Waals surface area (Å²) in [5, 5.41) is 2.66. The lowest BCUT2D eigenvalue weighted by Crippen LogP contribution is -2.17. The van der Waals surface area contributed by atoms with Crippen LogP contribution in [0.25, 0.3) is 0 Å². The molecule has 0 heterocycles. The topological polar surface area (TPSA) is 81.4 Å². The van der Waals surface area contributed by atoms with Crippen molar-refractivity contribution in [2.45, 2.75) is 12.3 Å². The Morgan fingerprint density at radius 3 is 2.64 bits per heavy atom. The van der Waals surface area contributed by atoms with Gasteiger partial charge >= 0.3 is 0 Å². The first-order valence-electron chi connectivity index (χ1n) is 7.64. The molecule has 0 aromatic heterocycles. The molecule has 0 saturated heterocycles. The van der Waals surface area contributed by atoms with Crippen molar-refractivity contribution >= 4 is 17.5 Å². The zero-order valence-corrected chi connectivity index (χ0v) is 13.4. The smallest absolute Gasteiger partial charge is 0.248 e. The van der Waals surface area contributed by atoms with E-state index < -0.39 is 23.5 Å². The second kappa shape index (κ2) is 6.51. The van der Waals surface area contributed by atoms with Crippen LogP contribution in [0.4, 0.5) is 14.5 Å². The number of amides is 2. The normalized spacial score (nSPS) is 18.5. The number of methoxy groups -OCH3 is 1. The third-order valence-electron chi connectivity index (χ3n) is 4.23. The number of hydrogen-bond donors (Lipinski definition) is 2. The number of primary amides is 1. The molecule has 3 rings (SSSR count). The second-order valence-electron chi connectivity index (χ2n) is 5.88. The molecular formula is C18H16F2N2O3. The zero-order valence-electron chi connectivity index (χ0n) is 13.4. The van der Waals surface area contributed by atoms with Crippen LogP contribution in [-0.4, -0.2) is 18.9 Å². The molecule has 3 N–H and O–H groups in total. The summed E-state index contributed by atoms with van der Waals surface area (Å²) in [5.74, 6) is -2.54. The lowest BCUT2D eigenvalue weighted by Gasteiger charge is -2.11. The fourth-order valence-corrected chi connectivity index (χ4v) is 2.81. The number of hydrogen-bond acceptors (Lipinski definition) is 3. The van der Waals surface area contributed by atoms with E-state index in [0.29, 0.717) is 17.9 Å². The van der Waals surface area contributed by atoms with Gasteiger partial charge in [0.2, 0.25) is 11.8 Å². The highest BCUT2D eigenvalue weighted by Gasteiger charge is 2.45. The van der Waals surface area contributed by atoms with Crippen molar-refractivity contribution in [3.8, 4) is 5.75 Å². The molecule has 1 fully saturated rings. The molecule has 1 aliphatic rings. The number of carbonyl (C=O) groups is 2. The van der Waals surface area contributed by atoms with Gasteiger partial charge in [0.25, 0.3) is 0 Å². The molecular weight excluding hydrogens is 330 g/mol. The van der Waals surface area contributed by atoms with Crippen molar-refractivity contribution in [3.63, 3.8) is 0 Å². The van der Waals surface area contributed by atoms with E-state index in [0.717, 1.165) is 18.2 Å². The highest BCUT2D eigenvalue weighted by Crippen LogP contribution is 2.49. The van der Waals surface area contributed by atoms with Gasteiger partial charge in [0.1, 0.15) is 17.4 Å². The van der Waals surface area contributed by atoms with E-state index in [1.54, 1.807) is 0 Å². The molecule has 0 radical (unpaired) electrons. The molecule has 5 nitrogen and oxygen atoms in total. The van der Waals surface area contributed by atoms with E-state index in [4.69, 9.17) is 10.5 Å². The number of carbonyl (C=O) groups excluding carboxylic acids is 2. The summed E-state index contributed by atoms with van der Waals surface area (Å²) in [4.78, 5) is 23.7. The molecule has 25 heavy (non-hydrogen) atoms. The van der Waals surface area contributed by atoms with Gasteiger partial charge in [-0.25, -0.2) is 8.78 Å². The van der Waals surface area contributed by atoms with Crippen molar-refractivity contribution in [1.29, 1.82) is 0 Å². The summed E-state index contributed by atoms with van der Waals surface area (Å²) in [6.07, 6.45) is 0.421. The van der Waals surface area contributed by atoms with Gasteiger partial charge < -0.3 is 15.8 Å². The number of benzene rings is 2. The molecule has 130 valence electrons. The number of rotatable bonds is 5. The predicted molar refractivity (Wildman–Crippen MR) is 87.3 cm³/mol. The van der Waals surface area contributed by atoms with Crippen LogP contribution in [0.1, 0.15) is 28.3 Å². The molecule has 2 aromatic carbocycles. The third-order valence-corrected chi connectivity index (χ3v) is 4.23. The molecule has 0 bridgehead atoms. The first-order chi connectivity index (χ1) is 11.9. The largest absolute Gasteiger partial charge is 0.495 e. The minimum atomic E-state index is -0.635. The lowest BCUT2D eigenvalue weighted by atomic mass is 10.1. The minimum Gasteiger partial charge on any atom is -0.495 e. The molecule has 1 saturated carbocycles. The Morgan fingerprint density at radius 1 is 1.20 bits per heavy atom. The van der Waals surface area contributed by atoms with Crippen molar-refractivity contribution < 1.29 is 23.1 Å². The first-order valence-corrected chi connectivity index (χ1v) is 7.64. The number of nitrogens with one attached hydrogen (secondary N) is 1. The van der Waals surface area contributed by atoms with Crippen LogP contribution in [-0.2, 0) is 4.79 Å². The van der Waals surface area contributed by atoms with Gasteiger partial charge in [0.05, 0.1) is 12.8 Å². The average molecular weight is 346 g/mol. The number of nitrogens with two attached hydrogens (primary N) is 1. The van der Waals surface area contributed by atoms with E-state index >= 15 is 0 Å². The SMILES string of the molecule is COc1ccc(C(N)=O)cc1NC(=O)[C@H]1C[C@@H]1c1cc(F)ccc1F. The van der Waals surface area contributed by atoms with E-state index in [1.165, 1.54) is 25.3 Å². The Labute approximate surface area is 142 Å². The molecule has 0 spiro atoms. The van der Waals surface area contributed by atoms with Crippen LogP contribution >= 0.6 is 0 Å². The van der Waals surface area contributed by atoms with Crippen LogP contribution in [0, 0.1) is 17.6 Å². The maximum atomic E-state index is 13.8. The van der Waals surface area contributed by atoms with Crippen LogP contribution in [0.3, 0.4) is 0 Å². The van der Waals surface area contributed by atoms with E-state index in [-0.39, 0.29) is 23.0 Å². The van der Waals surface area contributed by atoms with Gasteiger partial charge in [-0.1, -0.05) is 0 Å². The maximum Gasteiger partial charge on any atom is 0.248 e. The highest BCUT2D eigenvalue weighted by molar-refractivity contribution is 5.99. The molecule has 1 aliphatic carbocycles. The standard InChI is InChI=1S/C18H16F2N2O3/c1-25-16-5-2-9(17(21)23)6-15(16)22-18(24)13-8-11(13)12-7-10(19)3-4-14(12)20/h2-7,11,13H,8H2,1H3,(H2,21,23)(H,22,24)/t11-,13+/m1/s1. The Bertz CT molecular complexity index is 854. The first kappa shape index (κ1) is 16.9. The van der Waals surface area contributed by atoms with E-state index in [2.05, 4.69) is 5.32 Å². The quantitative estimate of drug-likeness (QED) is 0.873. The van der Waals surface area contributed by atoms with Gasteiger partial charge in [0, 0.05) is 11.5 Å². The summed E-state index contributed by atoms with van der Waals surface area (Å²) < 4.78 is 32.3. The maximum absolute atomic E-state index is 13.8. The van der Waals surface area contributed by atoms with E-state index in [9.17, 15) is 18.4 Å². The van der Waals surface area contributed by atoms with Gasteiger partial charge in [-0.3, -0.25) is 9.59 Å². The molecule has 7 heteroatoms. The zero-order chi connectivity index (χ0) is 18.1. The molecule has 0 aliphatic heterocycles. The average Bonchev–Trinajstić information content (AvgIpc) is 3.37. The number of anilines is 1. The molecule has 2 amide bonds. The monoisotopic (exact) mass is 346 g/mol. The minimum absolute atomic E-state index is 0.193. The van der Waals surface area contributed by atoms with Crippen LogP contribution in [0.2, 0.25) is 0 Å². The van der Waals surface area contributed by atoms with Gasteiger partial charge in [0.15, 0.2) is 0 Å². The van der Waals surface area contributed by atoms with Crippen LogP contribution in [0.15, 0.2) is 36.4 Å². The molecule has 2 atom stereocenters. The Kier molecular flexibility index (Phi) is 4.39. The van der Waals surface area contributed by atoms with Crippen LogP contribution < -0.4 is 15.8 Å². The fraction of sp³-hybridized carbons (Fsp3) is 0.222.